The number of carbonyl (C=O) groups excluding carboxylic acids is 2. The van der Waals surface area contributed by atoms with Crippen molar-refractivity contribution in [3.8, 4) is 11.3 Å². The van der Waals surface area contributed by atoms with Crippen LogP contribution in [0.1, 0.15) is 38.0 Å². The van der Waals surface area contributed by atoms with Gasteiger partial charge < -0.3 is 4.42 Å². The van der Waals surface area contributed by atoms with Crippen LogP contribution in [-0.2, 0) is 16.1 Å². The minimum absolute atomic E-state index is 0.0422. The smallest absolute Gasteiger partial charge is 0.236 e. The third-order valence-corrected chi connectivity index (χ3v) is 4.96. The van der Waals surface area contributed by atoms with Gasteiger partial charge in [0.15, 0.2) is 5.76 Å². The molecule has 23 heavy (non-hydrogen) atoms. The predicted molar refractivity (Wildman–Crippen MR) is 83.0 cm³/mol. The van der Waals surface area contributed by atoms with Crippen molar-refractivity contribution in [1.29, 1.82) is 0 Å². The van der Waals surface area contributed by atoms with Crippen LogP contribution in [0.3, 0.4) is 0 Å². The Morgan fingerprint density at radius 3 is 2.61 bits per heavy atom. The van der Waals surface area contributed by atoms with Crippen LogP contribution in [0.4, 0.5) is 0 Å². The highest BCUT2D eigenvalue weighted by Gasteiger charge is 2.52. The zero-order chi connectivity index (χ0) is 15.9. The highest BCUT2D eigenvalue weighted by molar-refractivity contribution is 6.05. The lowest BCUT2D eigenvalue weighted by molar-refractivity contribution is -0.142. The van der Waals surface area contributed by atoms with Crippen LogP contribution in [0.5, 0.6) is 0 Å². The molecule has 5 nitrogen and oxygen atoms in total. The summed E-state index contributed by atoms with van der Waals surface area (Å²) in [5.74, 6) is 0.909. The molecule has 1 saturated carbocycles. The Balaban J connectivity index is 1.54. The largest absolute Gasteiger partial charge is 0.439 e. The summed E-state index contributed by atoms with van der Waals surface area (Å²) < 4.78 is 5.72. The van der Waals surface area contributed by atoms with Crippen LogP contribution in [0.25, 0.3) is 11.3 Å². The number of rotatable bonds is 3. The molecule has 118 valence electrons. The average Bonchev–Trinajstić information content (AvgIpc) is 3.27. The zero-order valence-electron chi connectivity index (χ0n) is 12.8. The number of benzene rings is 1. The third-order valence-electron chi connectivity index (χ3n) is 4.96. The first-order valence-electron chi connectivity index (χ1n) is 8.03. The second kappa shape index (κ2) is 5.33. The summed E-state index contributed by atoms with van der Waals surface area (Å²) in [6.45, 7) is 0.131. The molecule has 1 aliphatic heterocycles. The normalized spacial score (nSPS) is 19.9. The van der Waals surface area contributed by atoms with E-state index in [2.05, 4.69) is 4.98 Å². The maximum atomic E-state index is 12.7. The maximum absolute atomic E-state index is 12.7. The van der Waals surface area contributed by atoms with Gasteiger partial charge in [0.2, 0.25) is 17.7 Å². The third kappa shape index (κ3) is 2.36. The lowest BCUT2D eigenvalue weighted by atomic mass is 9.84. The maximum Gasteiger partial charge on any atom is 0.236 e. The molecule has 2 aliphatic rings. The van der Waals surface area contributed by atoms with E-state index < -0.39 is 5.41 Å². The molecule has 2 amide bonds. The number of hydrogen-bond acceptors (Lipinski definition) is 4. The van der Waals surface area contributed by atoms with Crippen molar-refractivity contribution in [2.24, 2.45) is 5.41 Å². The minimum Gasteiger partial charge on any atom is -0.439 e. The molecule has 0 N–H and O–H groups in total. The van der Waals surface area contributed by atoms with Gasteiger partial charge >= 0.3 is 0 Å². The second-order valence-electron chi connectivity index (χ2n) is 6.43. The number of carbonyl (C=O) groups is 2. The highest BCUT2D eigenvalue weighted by Crippen LogP contribution is 2.47. The SMILES string of the molecule is O=C1CC2(CCCC2)C(=O)N1Cc1ncc(-c2ccccc2)o1. The molecule has 2 heterocycles. The van der Waals surface area contributed by atoms with Crippen LogP contribution < -0.4 is 0 Å². The van der Waals surface area contributed by atoms with Crippen LogP contribution in [-0.4, -0.2) is 21.7 Å². The Kier molecular flexibility index (Phi) is 3.29. The molecule has 1 saturated heterocycles. The lowest BCUT2D eigenvalue weighted by Gasteiger charge is -2.19. The van der Waals surface area contributed by atoms with E-state index in [9.17, 15) is 9.59 Å². The summed E-state index contributed by atoms with van der Waals surface area (Å²) in [4.78, 5) is 30.5. The van der Waals surface area contributed by atoms with E-state index in [1.165, 1.54) is 4.90 Å². The van der Waals surface area contributed by atoms with Gasteiger partial charge in [0.1, 0.15) is 6.54 Å². The van der Waals surface area contributed by atoms with E-state index in [0.29, 0.717) is 18.1 Å². The molecular formula is C18H18N2O3. The number of nitrogens with zero attached hydrogens (tertiary/aromatic N) is 2. The Hall–Kier alpha value is -2.43. The van der Waals surface area contributed by atoms with Crippen molar-refractivity contribution in [3.63, 3.8) is 0 Å². The Labute approximate surface area is 134 Å². The Bertz CT molecular complexity index is 745. The van der Waals surface area contributed by atoms with Gasteiger partial charge in [-0.25, -0.2) is 4.98 Å². The lowest BCUT2D eigenvalue weighted by Crippen LogP contribution is -2.34. The molecule has 0 bridgehead atoms. The van der Waals surface area contributed by atoms with E-state index in [1.54, 1.807) is 6.20 Å². The molecule has 0 radical (unpaired) electrons. The number of likely N-dealkylation sites (tertiary alicyclic amines) is 1. The van der Waals surface area contributed by atoms with Gasteiger partial charge in [-0.05, 0) is 12.8 Å². The van der Waals surface area contributed by atoms with Crippen molar-refractivity contribution in [2.75, 3.05) is 0 Å². The van der Waals surface area contributed by atoms with E-state index in [1.807, 2.05) is 30.3 Å². The Morgan fingerprint density at radius 2 is 1.87 bits per heavy atom. The van der Waals surface area contributed by atoms with Crippen LogP contribution in [0, 0.1) is 5.41 Å². The number of amides is 2. The van der Waals surface area contributed by atoms with Crippen LogP contribution >= 0.6 is 0 Å². The summed E-state index contributed by atoms with van der Waals surface area (Å²) >= 11 is 0. The fourth-order valence-electron chi connectivity index (χ4n) is 3.72. The van der Waals surface area contributed by atoms with Crippen molar-refractivity contribution in [2.45, 2.75) is 38.6 Å². The quantitative estimate of drug-likeness (QED) is 0.817. The molecule has 1 aromatic carbocycles. The van der Waals surface area contributed by atoms with Gasteiger partial charge in [-0.15, -0.1) is 0 Å². The number of oxazole rings is 1. The first-order valence-corrected chi connectivity index (χ1v) is 8.03. The second-order valence-corrected chi connectivity index (χ2v) is 6.43. The molecule has 1 aromatic heterocycles. The Morgan fingerprint density at radius 1 is 1.13 bits per heavy atom. The number of hydrogen-bond donors (Lipinski definition) is 0. The van der Waals surface area contributed by atoms with Gasteiger partial charge in [-0.3, -0.25) is 14.5 Å². The zero-order valence-corrected chi connectivity index (χ0v) is 12.8. The fraction of sp³-hybridized carbons (Fsp3) is 0.389. The van der Waals surface area contributed by atoms with Gasteiger partial charge in [-0.1, -0.05) is 43.2 Å². The summed E-state index contributed by atoms with van der Waals surface area (Å²) in [6, 6.07) is 9.65. The molecule has 2 aromatic rings. The molecule has 0 unspecified atom stereocenters. The first-order chi connectivity index (χ1) is 11.2. The van der Waals surface area contributed by atoms with Gasteiger partial charge in [0.25, 0.3) is 0 Å². The molecule has 2 fully saturated rings. The molecular weight excluding hydrogens is 292 g/mol. The fourth-order valence-corrected chi connectivity index (χ4v) is 3.72. The number of imide groups is 1. The predicted octanol–water partition coefficient (Wildman–Crippen LogP) is 3.16. The van der Waals surface area contributed by atoms with Crippen molar-refractivity contribution < 1.29 is 14.0 Å². The summed E-state index contributed by atoms with van der Waals surface area (Å²) in [6.07, 6.45) is 5.71. The summed E-state index contributed by atoms with van der Waals surface area (Å²) in [5, 5.41) is 0. The van der Waals surface area contributed by atoms with Crippen LogP contribution in [0.2, 0.25) is 0 Å². The van der Waals surface area contributed by atoms with E-state index in [0.717, 1.165) is 31.2 Å². The van der Waals surface area contributed by atoms with E-state index in [4.69, 9.17) is 4.42 Å². The van der Waals surface area contributed by atoms with Gasteiger partial charge in [0, 0.05) is 12.0 Å². The standard InChI is InChI=1S/C18H18N2O3/c21-16-10-18(8-4-5-9-18)17(22)20(16)12-15-19-11-14(23-15)13-6-2-1-3-7-13/h1-3,6-7,11H,4-5,8-10,12H2. The van der Waals surface area contributed by atoms with E-state index >= 15 is 0 Å². The van der Waals surface area contributed by atoms with Gasteiger partial charge in [-0.2, -0.15) is 0 Å². The topological polar surface area (TPSA) is 63.4 Å². The van der Waals surface area contributed by atoms with Crippen molar-refractivity contribution in [1.82, 2.24) is 9.88 Å². The number of aromatic nitrogens is 1. The summed E-state index contributed by atoms with van der Waals surface area (Å²) in [7, 11) is 0. The monoisotopic (exact) mass is 310 g/mol. The van der Waals surface area contributed by atoms with Crippen molar-refractivity contribution >= 4 is 11.8 Å². The van der Waals surface area contributed by atoms with E-state index in [-0.39, 0.29) is 18.4 Å². The average molecular weight is 310 g/mol. The van der Waals surface area contributed by atoms with Crippen LogP contribution in [0.15, 0.2) is 40.9 Å². The summed E-state index contributed by atoms with van der Waals surface area (Å²) in [5.41, 5.74) is 0.490. The minimum atomic E-state index is -0.439. The highest BCUT2D eigenvalue weighted by atomic mass is 16.4. The first kappa shape index (κ1) is 14.2. The molecule has 4 rings (SSSR count). The molecule has 0 atom stereocenters. The molecule has 1 spiro atoms. The van der Waals surface area contributed by atoms with Crippen molar-refractivity contribution in [3.05, 3.63) is 42.4 Å². The molecule has 5 heteroatoms. The van der Waals surface area contributed by atoms with Gasteiger partial charge in [0.05, 0.1) is 11.6 Å². The molecule has 1 aliphatic carbocycles.